The van der Waals surface area contributed by atoms with Crippen molar-refractivity contribution < 1.29 is 78.3 Å². The Morgan fingerprint density at radius 1 is 0.731 bits per heavy atom. The fraction of sp³-hybridized carbons (Fsp3) is 0.564. The van der Waals surface area contributed by atoms with E-state index in [0.29, 0.717) is 5.56 Å². The van der Waals surface area contributed by atoms with Crippen LogP contribution in [0, 0.1) is 0 Å². The van der Waals surface area contributed by atoms with Gasteiger partial charge in [0.2, 0.25) is 59.1 Å². The highest BCUT2D eigenvalue weighted by molar-refractivity contribution is 7.80. The number of likely N-dealkylation sites (tertiary alicyclic amines) is 1. The Kier molecular flexibility index (Phi) is 23.4. The summed E-state index contributed by atoms with van der Waals surface area (Å²) in [4.78, 5) is 141. The predicted octanol–water partition coefficient (Wildman–Crippen LogP) is -7.81. The van der Waals surface area contributed by atoms with Crippen LogP contribution in [0.15, 0.2) is 24.3 Å². The number of thiol groups is 1. The Hall–Kier alpha value is -6.62. The molecule has 2 rings (SSSR count). The molecule has 9 atom stereocenters. The average molecular weight is 970 g/mol. The number of aliphatic carboxylic acids is 1. The van der Waals surface area contributed by atoms with Crippen molar-refractivity contribution >= 4 is 77.7 Å². The number of phenolic OH excluding ortho intramolecular Hbond substituents is 1. The number of carboxylic acid groups (broad SMARTS) is 1. The number of aliphatic hydroxyl groups is 3. The molecule has 1 saturated heterocycles. The Morgan fingerprint density at radius 2 is 1.28 bits per heavy atom. The van der Waals surface area contributed by atoms with Gasteiger partial charge in [-0.1, -0.05) is 12.1 Å². The third kappa shape index (κ3) is 18.7. The summed E-state index contributed by atoms with van der Waals surface area (Å²) in [5.74, 6) is -11.5. The van der Waals surface area contributed by atoms with Gasteiger partial charge in [0.05, 0.1) is 31.9 Å². The lowest BCUT2D eigenvalue weighted by Crippen LogP contribution is -2.60. The van der Waals surface area contributed by atoms with Crippen LogP contribution in [0.5, 0.6) is 5.75 Å². The first-order chi connectivity index (χ1) is 31.5. The molecule has 1 aliphatic rings. The number of nitrogens with one attached hydrogen (secondary N) is 7. The normalized spacial score (nSPS) is 16.8. The van der Waals surface area contributed by atoms with Crippen molar-refractivity contribution in [1.82, 2.24) is 42.1 Å². The minimum absolute atomic E-state index is 0.0343. The van der Waals surface area contributed by atoms with Crippen LogP contribution in [-0.4, -0.2) is 182 Å². The molecule has 1 aromatic rings. The van der Waals surface area contributed by atoms with Crippen LogP contribution in [0.3, 0.4) is 0 Å². The van der Waals surface area contributed by atoms with Crippen molar-refractivity contribution in [1.29, 1.82) is 0 Å². The lowest BCUT2D eigenvalue weighted by molar-refractivity contribution is -0.145. The molecule has 27 nitrogen and oxygen atoms in total. The van der Waals surface area contributed by atoms with Crippen LogP contribution in [0.25, 0.3) is 0 Å². The number of phenols is 1. The Morgan fingerprint density at radius 3 is 1.84 bits per heavy atom. The van der Waals surface area contributed by atoms with Gasteiger partial charge in [-0.15, -0.1) is 0 Å². The highest BCUT2D eigenvalue weighted by Gasteiger charge is 2.40. The van der Waals surface area contributed by atoms with Gasteiger partial charge in [0.25, 0.3) is 0 Å². The number of nitrogens with two attached hydrogens (primary N) is 3. The number of aromatic hydroxyl groups is 1. The van der Waals surface area contributed by atoms with Crippen molar-refractivity contribution in [3.8, 4) is 5.75 Å². The monoisotopic (exact) mass is 969 g/mol. The van der Waals surface area contributed by atoms with E-state index in [4.69, 9.17) is 17.2 Å². The predicted molar refractivity (Wildman–Crippen MR) is 233 cm³/mol. The van der Waals surface area contributed by atoms with Crippen LogP contribution in [-0.2, 0) is 59.2 Å². The van der Waals surface area contributed by atoms with Crippen LogP contribution < -0.4 is 54.4 Å². The van der Waals surface area contributed by atoms with Gasteiger partial charge in [-0.2, -0.15) is 12.6 Å². The molecule has 0 aromatic heterocycles. The molecule has 0 bridgehead atoms. The van der Waals surface area contributed by atoms with E-state index in [1.165, 1.54) is 24.3 Å². The van der Waals surface area contributed by atoms with Crippen molar-refractivity contribution in [3.63, 3.8) is 0 Å². The summed E-state index contributed by atoms with van der Waals surface area (Å²) in [6.07, 6.45) is -2.55. The number of primary amides is 2. The SMILES string of the molecule is C[C@@H](O)[C@H](NC(=O)[C@H](CS)NC(=O)[C@@H]1CCCN1C(=O)[C@H](CO)NC(=O)[C@H](CO)NC(=O)CNC(=O)[C@H](Cc1ccc(O)cc1)NC(=O)[C@H](CCC(N)=O)NC(=O)[C@@H](N)CCC(N)=O)C(=O)O. The number of hydrogen-bond donors (Lipinski definition) is 16. The summed E-state index contributed by atoms with van der Waals surface area (Å²) in [5.41, 5.74) is 16.6. The van der Waals surface area contributed by atoms with Crippen LogP contribution in [0.4, 0.5) is 0 Å². The number of benzene rings is 1. The van der Waals surface area contributed by atoms with Gasteiger partial charge in [0.15, 0.2) is 6.04 Å². The molecule has 1 aliphatic heterocycles. The molecule has 28 heteroatoms. The molecule has 1 aromatic carbocycles. The van der Waals surface area contributed by atoms with E-state index in [1.807, 2.05) is 0 Å². The minimum atomic E-state index is -1.77. The number of rotatable bonds is 28. The zero-order chi connectivity index (χ0) is 50.5. The first-order valence-electron chi connectivity index (χ1n) is 20.8. The summed E-state index contributed by atoms with van der Waals surface area (Å²) in [5, 5.41) is 64.6. The highest BCUT2D eigenvalue weighted by atomic mass is 32.1. The second kappa shape index (κ2) is 27.8. The lowest BCUT2D eigenvalue weighted by Gasteiger charge is -2.30. The van der Waals surface area contributed by atoms with E-state index >= 15 is 0 Å². The maximum absolute atomic E-state index is 13.5. The quantitative estimate of drug-likeness (QED) is 0.0347. The van der Waals surface area contributed by atoms with Crippen LogP contribution >= 0.6 is 12.6 Å². The number of carbonyl (C=O) groups is 11. The second-order valence-corrected chi connectivity index (χ2v) is 15.7. The maximum atomic E-state index is 13.5. The summed E-state index contributed by atoms with van der Waals surface area (Å²) >= 11 is 4.03. The molecule has 67 heavy (non-hydrogen) atoms. The number of carboxylic acids is 1. The molecule has 0 aliphatic carbocycles. The van der Waals surface area contributed by atoms with Gasteiger partial charge in [0, 0.05) is 31.6 Å². The third-order valence-electron chi connectivity index (χ3n) is 10.1. The molecular formula is C39H59N11O16S. The fourth-order valence-corrected chi connectivity index (χ4v) is 6.67. The van der Waals surface area contributed by atoms with E-state index in [2.05, 4.69) is 49.8 Å². The first kappa shape index (κ1) is 56.5. The minimum Gasteiger partial charge on any atom is -0.508 e. The average Bonchev–Trinajstić information content (AvgIpc) is 3.78. The van der Waals surface area contributed by atoms with Gasteiger partial charge in [0.1, 0.15) is 42.0 Å². The summed E-state index contributed by atoms with van der Waals surface area (Å²) in [6.45, 7) is -1.84. The highest BCUT2D eigenvalue weighted by Crippen LogP contribution is 2.19. The molecule has 372 valence electrons. The zero-order valence-electron chi connectivity index (χ0n) is 36.3. The molecule has 10 amide bonds. The standard InChI is InChI=1S/C39H59N11O16S/c1-18(53)31(39(65)66)49-36(62)26(17-67)48-37(63)27-3-2-12-50(27)38(64)25(16-52)47-35(61)24(15-51)44-30(57)14-43-33(59)23(13-19-4-6-20(54)7-5-19)46-34(60)22(9-11-29(42)56)45-32(58)21(40)8-10-28(41)55/h4-7,18,21-27,31,51-54,67H,2-3,8-17,40H2,1H3,(H2,41,55)(H2,42,56)(H,43,59)(H,44,57)(H,45,58)(H,46,60)(H,47,61)(H,48,63)(H,49,62)(H,65,66)/t18-,21+,22+,23+,24+,25+,26+,27+,31+/m1/s1. The zero-order valence-corrected chi connectivity index (χ0v) is 37.2. The molecular weight excluding hydrogens is 911 g/mol. The molecule has 1 fully saturated rings. The summed E-state index contributed by atoms with van der Waals surface area (Å²) in [7, 11) is 0. The van der Waals surface area contributed by atoms with Crippen molar-refractivity contribution in [2.75, 3.05) is 32.1 Å². The number of carbonyl (C=O) groups excluding carboxylic acids is 10. The number of aliphatic hydroxyl groups excluding tert-OH is 3. The summed E-state index contributed by atoms with van der Waals surface area (Å²) < 4.78 is 0. The smallest absolute Gasteiger partial charge is 0.328 e. The van der Waals surface area contributed by atoms with Gasteiger partial charge >= 0.3 is 5.97 Å². The van der Waals surface area contributed by atoms with Gasteiger partial charge in [-0.3, -0.25) is 47.9 Å². The topological polar surface area (TPSA) is 454 Å². The summed E-state index contributed by atoms with van der Waals surface area (Å²) in [6, 6.07) is -6.65. The number of nitrogens with zero attached hydrogens (tertiary/aromatic N) is 1. The van der Waals surface area contributed by atoms with E-state index < -0.39 is 146 Å². The molecule has 0 saturated carbocycles. The Labute approximate surface area is 388 Å². The van der Waals surface area contributed by atoms with Gasteiger partial charge in [-0.05, 0) is 50.3 Å². The first-order valence-corrected chi connectivity index (χ1v) is 21.4. The number of amides is 10. The molecule has 0 radical (unpaired) electrons. The van der Waals surface area contributed by atoms with E-state index in [9.17, 15) is 78.3 Å². The number of hydrogen-bond acceptors (Lipinski definition) is 17. The third-order valence-corrected chi connectivity index (χ3v) is 10.5. The van der Waals surface area contributed by atoms with Crippen LogP contribution in [0.1, 0.15) is 51.0 Å². The molecule has 0 spiro atoms. The molecule has 0 unspecified atom stereocenters. The fourth-order valence-electron chi connectivity index (χ4n) is 6.41. The lowest BCUT2D eigenvalue weighted by atomic mass is 10.0. The Balaban J connectivity index is 2.14. The van der Waals surface area contributed by atoms with E-state index in [0.717, 1.165) is 11.8 Å². The molecule has 18 N–H and O–H groups in total. The Bertz CT molecular complexity index is 1960. The van der Waals surface area contributed by atoms with Crippen molar-refractivity contribution in [3.05, 3.63) is 29.8 Å². The van der Waals surface area contributed by atoms with Crippen LogP contribution in [0.2, 0.25) is 0 Å². The van der Waals surface area contributed by atoms with Gasteiger partial charge in [-0.25, -0.2) is 4.79 Å². The molecule has 1 heterocycles. The van der Waals surface area contributed by atoms with Gasteiger partial charge < -0.3 is 84.9 Å². The van der Waals surface area contributed by atoms with Crippen molar-refractivity contribution in [2.24, 2.45) is 17.2 Å². The van der Waals surface area contributed by atoms with E-state index in [-0.39, 0.29) is 56.6 Å². The largest absolute Gasteiger partial charge is 0.508 e. The maximum Gasteiger partial charge on any atom is 0.328 e. The van der Waals surface area contributed by atoms with Crippen molar-refractivity contribution in [2.45, 2.75) is 106 Å². The second-order valence-electron chi connectivity index (χ2n) is 15.4. The van der Waals surface area contributed by atoms with E-state index in [1.54, 1.807) is 0 Å².